The van der Waals surface area contributed by atoms with Gasteiger partial charge in [0.25, 0.3) is 0 Å². The molecule has 0 spiro atoms. The summed E-state index contributed by atoms with van der Waals surface area (Å²) in [7, 11) is 0. The Labute approximate surface area is 108 Å². The van der Waals surface area contributed by atoms with Crippen molar-refractivity contribution >= 4 is 11.5 Å². The second-order valence-corrected chi connectivity index (χ2v) is 4.07. The van der Waals surface area contributed by atoms with Crippen LogP contribution in [0.2, 0.25) is 0 Å². The number of nitrogen functional groups attached to an aromatic ring is 1. The summed E-state index contributed by atoms with van der Waals surface area (Å²) >= 11 is 0. The SMILES string of the molecule is CCOc1ncnc(NCCCOC(C)C)c1N. The highest BCUT2D eigenvalue weighted by Gasteiger charge is 2.07. The minimum absolute atomic E-state index is 0.263. The molecular weight excluding hydrogens is 232 g/mol. The maximum atomic E-state index is 5.89. The van der Waals surface area contributed by atoms with E-state index in [1.807, 2.05) is 20.8 Å². The number of ether oxygens (including phenoxy) is 2. The van der Waals surface area contributed by atoms with Gasteiger partial charge in [0.05, 0.1) is 12.7 Å². The van der Waals surface area contributed by atoms with Gasteiger partial charge in [-0.1, -0.05) is 0 Å². The van der Waals surface area contributed by atoms with E-state index < -0.39 is 0 Å². The lowest BCUT2D eigenvalue weighted by Crippen LogP contribution is -2.12. The quantitative estimate of drug-likeness (QED) is 0.687. The Balaban J connectivity index is 2.40. The van der Waals surface area contributed by atoms with Crippen LogP contribution in [-0.4, -0.2) is 35.8 Å². The van der Waals surface area contributed by atoms with Gasteiger partial charge in [-0.3, -0.25) is 0 Å². The second-order valence-electron chi connectivity index (χ2n) is 4.07. The molecule has 0 aliphatic carbocycles. The number of anilines is 2. The van der Waals surface area contributed by atoms with Crippen LogP contribution in [0.1, 0.15) is 27.2 Å². The van der Waals surface area contributed by atoms with Gasteiger partial charge < -0.3 is 20.5 Å². The van der Waals surface area contributed by atoms with E-state index in [4.69, 9.17) is 15.2 Å². The van der Waals surface area contributed by atoms with Crippen molar-refractivity contribution in [3.63, 3.8) is 0 Å². The molecule has 3 N–H and O–H groups in total. The lowest BCUT2D eigenvalue weighted by molar-refractivity contribution is 0.0787. The first-order valence-corrected chi connectivity index (χ1v) is 6.23. The van der Waals surface area contributed by atoms with Gasteiger partial charge in [-0.15, -0.1) is 0 Å². The number of nitrogens with two attached hydrogens (primary N) is 1. The normalized spacial score (nSPS) is 10.7. The zero-order valence-electron chi connectivity index (χ0n) is 11.3. The maximum absolute atomic E-state index is 5.89. The highest BCUT2D eigenvalue weighted by atomic mass is 16.5. The van der Waals surface area contributed by atoms with Crippen molar-refractivity contribution < 1.29 is 9.47 Å². The summed E-state index contributed by atoms with van der Waals surface area (Å²) in [5, 5.41) is 3.15. The number of aromatic nitrogens is 2. The van der Waals surface area contributed by atoms with Gasteiger partial charge in [0, 0.05) is 13.2 Å². The summed E-state index contributed by atoms with van der Waals surface area (Å²) in [6, 6.07) is 0. The third-order valence-corrected chi connectivity index (χ3v) is 2.19. The van der Waals surface area contributed by atoms with Crippen LogP contribution in [-0.2, 0) is 4.74 Å². The average molecular weight is 254 g/mol. The number of nitrogens with zero attached hydrogens (tertiary/aromatic N) is 2. The van der Waals surface area contributed by atoms with Crippen LogP contribution in [0.5, 0.6) is 5.88 Å². The second kappa shape index (κ2) is 7.71. The highest BCUT2D eigenvalue weighted by molar-refractivity contribution is 5.66. The Kier molecular flexibility index (Phi) is 6.21. The molecule has 18 heavy (non-hydrogen) atoms. The molecule has 0 bridgehead atoms. The first-order chi connectivity index (χ1) is 8.65. The maximum Gasteiger partial charge on any atom is 0.242 e. The molecule has 6 heteroatoms. The van der Waals surface area contributed by atoms with Crippen molar-refractivity contribution in [2.24, 2.45) is 0 Å². The van der Waals surface area contributed by atoms with Crippen molar-refractivity contribution in [1.82, 2.24) is 9.97 Å². The number of nitrogens with one attached hydrogen (secondary N) is 1. The van der Waals surface area contributed by atoms with E-state index in [1.165, 1.54) is 6.33 Å². The molecule has 0 aliphatic rings. The van der Waals surface area contributed by atoms with Gasteiger partial charge in [0.2, 0.25) is 5.88 Å². The van der Waals surface area contributed by atoms with E-state index in [2.05, 4.69) is 15.3 Å². The Morgan fingerprint density at radius 3 is 2.83 bits per heavy atom. The highest BCUT2D eigenvalue weighted by Crippen LogP contribution is 2.24. The van der Waals surface area contributed by atoms with Crippen molar-refractivity contribution in [3.8, 4) is 5.88 Å². The van der Waals surface area contributed by atoms with E-state index in [9.17, 15) is 0 Å². The Morgan fingerprint density at radius 1 is 1.39 bits per heavy atom. The molecule has 0 atom stereocenters. The number of hydrogen-bond acceptors (Lipinski definition) is 6. The Bertz CT molecular complexity index is 358. The molecule has 0 saturated carbocycles. The fourth-order valence-electron chi connectivity index (χ4n) is 1.37. The summed E-state index contributed by atoms with van der Waals surface area (Å²) in [4.78, 5) is 8.06. The molecule has 0 aliphatic heterocycles. The van der Waals surface area contributed by atoms with Crippen LogP contribution in [0.15, 0.2) is 6.33 Å². The molecule has 6 nitrogen and oxygen atoms in total. The zero-order valence-corrected chi connectivity index (χ0v) is 11.3. The molecule has 0 aromatic carbocycles. The fraction of sp³-hybridized carbons (Fsp3) is 0.667. The van der Waals surface area contributed by atoms with Crippen molar-refractivity contribution in [2.75, 3.05) is 30.8 Å². The Morgan fingerprint density at radius 2 is 2.17 bits per heavy atom. The predicted molar refractivity (Wildman–Crippen MR) is 71.8 cm³/mol. The van der Waals surface area contributed by atoms with Gasteiger partial charge in [-0.05, 0) is 27.2 Å². The van der Waals surface area contributed by atoms with E-state index >= 15 is 0 Å². The first-order valence-electron chi connectivity index (χ1n) is 6.23. The van der Waals surface area contributed by atoms with Crippen LogP contribution < -0.4 is 15.8 Å². The van der Waals surface area contributed by atoms with Crippen molar-refractivity contribution in [2.45, 2.75) is 33.3 Å². The monoisotopic (exact) mass is 254 g/mol. The van der Waals surface area contributed by atoms with E-state index in [0.717, 1.165) is 13.0 Å². The van der Waals surface area contributed by atoms with Gasteiger partial charge in [0.15, 0.2) is 5.82 Å². The first kappa shape index (κ1) is 14.5. The summed E-state index contributed by atoms with van der Waals surface area (Å²) < 4.78 is 10.7. The minimum Gasteiger partial charge on any atom is -0.476 e. The summed E-state index contributed by atoms with van der Waals surface area (Å²) in [6.45, 7) is 7.92. The fourth-order valence-corrected chi connectivity index (χ4v) is 1.37. The van der Waals surface area contributed by atoms with Crippen molar-refractivity contribution in [1.29, 1.82) is 0 Å². The lowest BCUT2D eigenvalue weighted by Gasteiger charge is -2.11. The molecule has 0 amide bonds. The van der Waals surface area contributed by atoms with E-state index in [1.54, 1.807) is 0 Å². The zero-order chi connectivity index (χ0) is 13.4. The van der Waals surface area contributed by atoms with E-state index in [-0.39, 0.29) is 6.10 Å². The molecule has 0 saturated heterocycles. The van der Waals surface area contributed by atoms with Gasteiger partial charge in [-0.25, -0.2) is 4.98 Å². The minimum atomic E-state index is 0.263. The molecule has 1 aromatic rings. The summed E-state index contributed by atoms with van der Waals surface area (Å²) in [6.07, 6.45) is 2.60. The third kappa shape index (κ3) is 4.75. The molecule has 1 heterocycles. The molecule has 1 aromatic heterocycles. The van der Waals surface area contributed by atoms with Crippen molar-refractivity contribution in [3.05, 3.63) is 6.33 Å². The van der Waals surface area contributed by atoms with Gasteiger partial charge in [0.1, 0.15) is 12.0 Å². The predicted octanol–water partition coefficient (Wildman–Crippen LogP) is 1.68. The molecule has 102 valence electrons. The largest absolute Gasteiger partial charge is 0.476 e. The topological polar surface area (TPSA) is 82.3 Å². The van der Waals surface area contributed by atoms with Gasteiger partial charge in [-0.2, -0.15) is 4.98 Å². The smallest absolute Gasteiger partial charge is 0.242 e. The molecule has 0 unspecified atom stereocenters. The number of rotatable bonds is 8. The molecule has 0 fully saturated rings. The van der Waals surface area contributed by atoms with Crippen LogP contribution in [0.4, 0.5) is 11.5 Å². The van der Waals surface area contributed by atoms with Crippen LogP contribution >= 0.6 is 0 Å². The van der Waals surface area contributed by atoms with Crippen LogP contribution in [0.3, 0.4) is 0 Å². The van der Waals surface area contributed by atoms with Crippen LogP contribution in [0.25, 0.3) is 0 Å². The summed E-state index contributed by atoms with van der Waals surface area (Å²) in [5.74, 6) is 1.03. The molecule has 1 rings (SSSR count). The lowest BCUT2D eigenvalue weighted by atomic mass is 10.4. The van der Waals surface area contributed by atoms with Crippen LogP contribution in [0, 0.1) is 0 Å². The standard InChI is InChI=1S/C12H22N4O2/c1-4-17-12-10(13)11(15-8-16-12)14-6-5-7-18-9(2)3/h8-9H,4-7,13H2,1-3H3,(H,14,15,16). The third-order valence-electron chi connectivity index (χ3n) is 2.19. The van der Waals surface area contributed by atoms with E-state index in [0.29, 0.717) is 30.6 Å². The Hall–Kier alpha value is -1.56. The average Bonchev–Trinajstić information content (AvgIpc) is 2.33. The molecule has 0 radical (unpaired) electrons. The van der Waals surface area contributed by atoms with Gasteiger partial charge >= 0.3 is 0 Å². The number of hydrogen-bond donors (Lipinski definition) is 2. The molecular formula is C12H22N4O2. The summed E-state index contributed by atoms with van der Waals surface area (Å²) in [5.41, 5.74) is 6.34.